The van der Waals surface area contributed by atoms with Crippen molar-refractivity contribution in [3.05, 3.63) is 16.1 Å². The van der Waals surface area contributed by atoms with Crippen molar-refractivity contribution in [3.63, 3.8) is 0 Å². The van der Waals surface area contributed by atoms with E-state index < -0.39 is 5.97 Å². The SMILES string of the molecule is CCOC(=O)c1csc(CNC(=O)C2CC3CCCCC3N2)n1. The van der Waals surface area contributed by atoms with Crippen molar-refractivity contribution in [2.75, 3.05) is 6.61 Å². The van der Waals surface area contributed by atoms with Crippen molar-refractivity contribution >= 4 is 23.2 Å². The molecule has 23 heavy (non-hydrogen) atoms. The molecule has 1 amide bonds. The van der Waals surface area contributed by atoms with Gasteiger partial charge < -0.3 is 15.4 Å². The van der Waals surface area contributed by atoms with Crippen molar-refractivity contribution in [2.24, 2.45) is 5.92 Å². The van der Waals surface area contributed by atoms with Gasteiger partial charge in [-0.2, -0.15) is 0 Å². The van der Waals surface area contributed by atoms with Crippen LogP contribution in [0.25, 0.3) is 0 Å². The second-order valence-electron chi connectivity index (χ2n) is 6.17. The van der Waals surface area contributed by atoms with E-state index >= 15 is 0 Å². The van der Waals surface area contributed by atoms with Crippen LogP contribution in [0.2, 0.25) is 0 Å². The van der Waals surface area contributed by atoms with Gasteiger partial charge in [0.15, 0.2) is 5.69 Å². The monoisotopic (exact) mass is 337 g/mol. The Morgan fingerprint density at radius 2 is 2.26 bits per heavy atom. The van der Waals surface area contributed by atoms with E-state index in [0.29, 0.717) is 30.8 Å². The normalized spacial score (nSPS) is 26.6. The van der Waals surface area contributed by atoms with Crippen LogP contribution in [0.15, 0.2) is 5.38 Å². The number of aromatic nitrogens is 1. The predicted octanol–water partition coefficient (Wildman–Crippen LogP) is 1.86. The molecule has 2 aliphatic rings. The van der Waals surface area contributed by atoms with Crippen LogP contribution in [-0.2, 0) is 16.1 Å². The van der Waals surface area contributed by atoms with E-state index in [0.717, 1.165) is 11.4 Å². The van der Waals surface area contributed by atoms with Gasteiger partial charge in [0.25, 0.3) is 0 Å². The first-order chi connectivity index (χ1) is 11.2. The number of hydrogen-bond donors (Lipinski definition) is 2. The number of carbonyl (C=O) groups is 2. The number of fused-ring (bicyclic) bond motifs is 1. The first-order valence-electron chi connectivity index (χ1n) is 8.32. The Hall–Kier alpha value is -1.47. The number of rotatable bonds is 5. The van der Waals surface area contributed by atoms with E-state index in [1.807, 2.05) is 0 Å². The van der Waals surface area contributed by atoms with Crippen LogP contribution in [0.1, 0.15) is 54.5 Å². The Morgan fingerprint density at radius 3 is 3.04 bits per heavy atom. The number of ether oxygens (including phenoxy) is 1. The predicted molar refractivity (Wildman–Crippen MR) is 87.2 cm³/mol. The molecule has 0 aromatic carbocycles. The molecule has 0 spiro atoms. The lowest BCUT2D eigenvalue weighted by Crippen LogP contribution is -2.42. The Balaban J connectivity index is 1.48. The summed E-state index contributed by atoms with van der Waals surface area (Å²) in [6, 6.07) is 0.419. The molecule has 1 saturated heterocycles. The highest BCUT2D eigenvalue weighted by Crippen LogP contribution is 2.33. The van der Waals surface area contributed by atoms with Gasteiger partial charge in [0, 0.05) is 11.4 Å². The third-order valence-corrected chi connectivity index (χ3v) is 5.48. The number of hydrogen-bond acceptors (Lipinski definition) is 6. The van der Waals surface area contributed by atoms with Crippen LogP contribution >= 0.6 is 11.3 Å². The summed E-state index contributed by atoms with van der Waals surface area (Å²) in [5.74, 6) is 0.268. The molecule has 6 nitrogen and oxygen atoms in total. The van der Waals surface area contributed by atoms with Crippen LogP contribution in [-0.4, -0.2) is 35.6 Å². The third kappa shape index (κ3) is 3.90. The largest absolute Gasteiger partial charge is 0.461 e. The Bertz CT molecular complexity index is 561. The molecule has 1 aliphatic carbocycles. The molecule has 1 aromatic heterocycles. The molecule has 0 bridgehead atoms. The highest BCUT2D eigenvalue weighted by molar-refractivity contribution is 7.09. The molecule has 1 saturated carbocycles. The topological polar surface area (TPSA) is 80.3 Å². The molecular weight excluding hydrogens is 314 g/mol. The second kappa shape index (κ2) is 7.40. The summed E-state index contributed by atoms with van der Waals surface area (Å²) in [5, 5.41) is 8.78. The molecule has 3 atom stereocenters. The molecular formula is C16H23N3O3S. The average molecular weight is 337 g/mol. The van der Waals surface area contributed by atoms with E-state index in [2.05, 4.69) is 15.6 Å². The summed E-state index contributed by atoms with van der Waals surface area (Å²) in [4.78, 5) is 28.1. The summed E-state index contributed by atoms with van der Waals surface area (Å²) in [5.41, 5.74) is 0.311. The lowest BCUT2D eigenvalue weighted by molar-refractivity contribution is -0.123. The Labute approximate surface area is 140 Å². The fourth-order valence-corrected chi connectivity index (χ4v) is 4.20. The molecule has 3 rings (SSSR count). The molecule has 1 aromatic rings. The molecule has 2 fully saturated rings. The van der Waals surface area contributed by atoms with Crippen molar-refractivity contribution in [3.8, 4) is 0 Å². The maximum atomic E-state index is 12.3. The van der Waals surface area contributed by atoms with Crippen LogP contribution in [0.4, 0.5) is 0 Å². The standard InChI is InChI=1S/C16H23N3O3S/c1-2-22-16(21)13-9-23-14(19-13)8-17-15(20)12-7-10-5-3-4-6-11(10)18-12/h9-12,18H,2-8H2,1H3,(H,17,20). The average Bonchev–Trinajstić information content (AvgIpc) is 3.19. The van der Waals surface area contributed by atoms with Gasteiger partial charge in [-0.1, -0.05) is 12.8 Å². The minimum absolute atomic E-state index is 0.0345. The first-order valence-corrected chi connectivity index (χ1v) is 9.20. The maximum absolute atomic E-state index is 12.3. The van der Waals surface area contributed by atoms with Crippen molar-refractivity contribution in [1.29, 1.82) is 0 Å². The number of nitrogens with zero attached hydrogens (tertiary/aromatic N) is 1. The van der Waals surface area contributed by atoms with Crippen molar-refractivity contribution in [1.82, 2.24) is 15.6 Å². The van der Waals surface area contributed by atoms with Crippen LogP contribution < -0.4 is 10.6 Å². The van der Waals surface area contributed by atoms with Gasteiger partial charge in [0.1, 0.15) is 5.01 Å². The van der Waals surface area contributed by atoms with Crippen molar-refractivity contribution < 1.29 is 14.3 Å². The zero-order valence-electron chi connectivity index (χ0n) is 13.3. The minimum Gasteiger partial charge on any atom is -0.461 e. The van der Waals surface area contributed by atoms with E-state index in [-0.39, 0.29) is 11.9 Å². The van der Waals surface area contributed by atoms with Crippen LogP contribution in [0.3, 0.4) is 0 Å². The summed E-state index contributed by atoms with van der Waals surface area (Å²) in [6.07, 6.45) is 5.90. The molecule has 2 heterocycles. The lowest BCUT2D eigenvalue weighted by atomic mass is 9.85. The second-order valence-corrected chi connectivity index (χ2v) is 7.11. The van der Waals surface area contributed by atoms with Crippen molar-refractivity contribution in [2.45, 2.75) is 57.7 Å². The van der Waals surface area contributed by atoms with Gasteiger partial charge in [-0.05, 0) is 32.1 Å². The van der Waals surface area contributed by atoms with Crippen LogP contribution in [0.5, 0.6) is 0 Å². The van der Waals surface area contributed by atoms with Gasteiger partial charge in [-0.15, -0.1) is 11.3 Å². The molecule has 2 N–H and O–H groups in total. The van der Waals surface area contributed by atoms with Gasteiger partial charge in [0.2, 0.25) is 5.91 Å². The van der Waals surface area contributed by atoms with Crippen LogP contribution in [0, 0.1) is 5.92 Å². The third-order valence-electron chi connectivity index (χ3n) is 4.63. The fourth-order valence-electron chi connectivity index (χ4n) is 3.50. The lowest BCUT2D eigenvalue weighted by Gasteiger charge is -2.24. The van der Waals surface area contributed by atoms with E-state index in [9.17, 15) is 9.59 Å². The number of thiazole rings is 1. The maximum Gasteiger partial charge on any atom is 0.357 e. The van der Waals surface area contributed by atoms with Gasteiger partial charge in [-0.25, -0.2) is 9.78 Å². The molecule has 3 unspecified atom stereocenters. The highest BCUT2D eigenvalue weighted by Gasteiger charge is 2.38. The number of esters is 1. The molecule has 0 radical (unpaired) electrons. The zero-order chi connectivity index (χ0) is 16.2. The number of nitrogens with one attached hydrogen (secondary N) is 2. The van der Waals surface area contributed by atoms with E-state index in [4.69, 9.17) is 4.74 Å². The minimum atomic E-state index is -0.414. The van der Waals surface area contributed by atoms with Gasteiger partial charge in [0.05, 0.1) is 19.2 Å². The summed E-state index contributed by atoms with van der Waals surface area (Å²) >= 11 is 1.36. The zero-order valence-corrected chi connectivity index (χ0v) is 14.2. The first kappa shape index (κ1) is 16.4. The van der Waals surface area contributed by atoms with E-state index in [1.165, 1.54) is 37.0 Å². The molecule has 126 valence electrons. The molecule has 7 heteroatoms. The highest BCUT2D eigenvalue weighted by atomic mass is 32.1. The summed E-state index contributed by atoms with van der Waals surface area (Å²) in [6.45, 7) is 2.45. The Kier molecular flexibility index (Phi) is 5.27. The Morgan fingerprint density at radius 1 is 1.43 bits per heavy atom. The fraction of sp³-hybridized carbons (Fsp3) is 0.688. The molecule has 1 aliphatic heterocycles. The van der Waals surface area contributed by atoms with Gasteiger partial charge >= 0.3 is 5.97 Å². The van der Waals surface area contributed by atoms with Gasteiger partial charge in [-0.3, -0.25) is 4.79 Å². The smallest absolute Gasteiger partial charge is 0.357 e. The number of carbonyl (C=O) groups excluding carboxylic acids is 2. The summed E-state index contributed by atoms with van der Waals surface area (Å²) < 4.78 is 4.91. The number of amides is 1. The summed E-state index contributed by atoms with van der Waals surface area (Å²) in [7, 11) is 0. The van der Waals surface area contributed by atoms with E-state index in [1.54, 1.807) is 12.3 Å². The quantitative estimate of drug-likeness (QED) is 0.802.